The quantitative estimate of drug-likeness (QED) is 0.719. The normalized spacial score (nSPS) is 18.7. The Morgan fingerprint density at radius 3 is 2.59 bits per heavy atom. The Morgan fingerprint density at radius 1 is 1.14 bits per heavy atom. The lowest BCUT2D eigenvalue weighted by Gasteiger charge is -2.28. The van der Waals surface area contributed by atoms with E-state index in [9.17, 15) is 14.4 Å². The Balaban J connectivity index is 1.58. The van der Waals surface area contributed by atoms with Crippen LogP contribution in [-0.2, 0) is 14.3 Å². The number of hydrogen-bond acceptors (Lipinski definition) is 6. The van der Waals surface area contributed by atoms with Gasteiger partial charge in [0.2, 0.25) is 5.91 Å². The lowest BCUT2D eigenvalue weighted by atomic mass is 10.0. The maximum absolute atomic E-state index is 12.8. The molecule has 0 spiro atoms. The third-order valence-corrected chi connectivity index (χ3v) is 5.86. The minimum atomic E-state index is -0.443. The van der Waals surface area contributed by atoms with Crippen LogP contribution in [0.15, 0.2) is 41.3 Å². The molecule has 29 heavy (non-hydrogen) atoms. The molecule has 2 aliphatic rings. The largest absolute Gasteiger partial charge is 0.496 e. The fourth-order valence-electron chi connectivity index (χ4n) is 3.42. The van der Waals surface area contributed by atoms with Crippen molar-refractivity contribution < 1.29 is 23.9 Å². The number of benzene rings is 2. The third kappa shape index (κ3) is 3.86. The van der Waals surface area contributed by atoms with Gasteiger partial charge in [-0.2, -0.15) is 0 Å². The van der Waals surface area contributed by atoms with E-state index in [-0.39, 0.29) is 12.5 Å². The predicted molar refractivity (Wildman–Crippen MR) is 111 cm³/mol. The van der Waals surface area contributed by atoms with Gasteiger partial charge in [0.25, 0.3) is 11.1 Å². The number of carbonyl (C=O) groups is 3. The van der Waals surface area contributed by atoms with Gasteiger partial charge in [0.15, 0.2) is 0 Å². The minimum absolute atomic E-state index is 0.244. The molecule has 2 aromatic carbocycles. The van der Waals surface area contributed by atoms with Crippen molar-refractivity contribution in [3.8, 4) is 5.75 Å². The number of ether oxygens (including phenoxy) is 2. The topological polar surface area (TPSA) is 76.2 Å². The van der Waals surface area contributed by atoms with Crippen LogP contribution in [0.2, 0.25) is 0 Å². The van der Waals surface area contributed by atoms with E-state index in [2.05, 4.69) is 0 Å². The average Bonchev–Trinajstić information content (AvgIpc) is 3.02. The van der Waals surface area contributed by atoms with Gasteiger partial charge in [-0.3, -0.25) is 19.3 Å². The number of imide groups is 1. The Kier molecular flexibility index (Phi) is 5.55. The third-order valence-electron chi connectivity index (χ3n) is 4.96. The van der Waals surface area contributed by atoms with E-state index in [0.717, 1.165) is 38.7 Å². The van der Waals surface area contributed by atoms with Crippen molar-refractivity contribution in [1.29, 1.82) is 0 Å². The fourth-order valence-corrected chi connectivity index (χ4v) is 4.25. The van der Waals surface area contributed by atoms with E-state index in [4.69, 9.17) is 9.47 Å². The van der Waals surface area contributed by atoms with E-state index in [1.54, 1.807) is 18.1 Å². The number of hydrogen-bond donors (Lipinski definition) is 0. The highest BCUT2D eigenvalue weighted by atomic mass is 32.2. The van der Waals surface area contributed by atoms with Gasteiger partial charge in [0.1, 0.15) is 12.3 Å². The average molecular weight is 412 g/mol. The van der Waals surface area contributed by atoms with Gasteiger partial charge in [-0.05, 0) is 34.9 Å². The van der Waals surface area contributed by atoms with Gasteiger partial charge in [-0.15, -0.1) is 0 Å². The van der Waals surface area contributed by atoms with Crippen LogP contribution in [0.3, 0.4) is 0 Å². The first-order chi connectivity index (χ1) is 14.1. The predicted octanol–water partition coefficient (Wildman–Crippen LogP) is 2.74. The first kappa shape index (κ1) is 19.5. The zero-order chi connectivity index (χ0) is 20.4. The van der Waals surface area contributed by atoms with Gasteiger partial charge in [0, 0.05) is 18.5 Å². The van der Waals surface area contributed by atoms with Gasteiger partial charge in [-0.1, -0.05) is 30.3 Å². The van der Waals surface area contributed by atoms with Crippen molar-refractivity contribution in [2.45, 2.75) is 0 Å². The highest BCUT2D eigenvalue weighted by molar-refractivity contribution is 8.18. The molecule has 0 bridgehead atoms. The Bertz CT molecular complexity index is 1010. The summed E-state index contributed by atoms with van der Waals surface area (Å²) in [5, 5.41) is 1.41. The first-order valence-electron chi connectivity index (χ1n) is 9.25. The summed E-state index contributed by atoms with van der Waals surface area (Å²) in [7, 11) is 1.61. The molecule has 2 heterocycles. The lowest BCUT2D eigenvalue weighted by Crippen LogP contribution is -2.46. The Morgan fingerprint density at radius 2 is 1.86 bits per heavy atom. The number of rotatable bonds is 4. The number of fused-ring (bicyclic) bond motifs is 1. The molecule has 8 heteroatoms. The molecule has 0 saturated carbocycles. The second-order valence-electron chi connectivity index (χ2n) is 6.66. The van der Waals surface area contributed by atoms with Crippen LogP contribution < -0.4 is 4.74 Å². The molecule has 0 aromatic heterocycles. The molecule has 2 fully saturated rings. The van der Waals surface area contributed by atoms with Crippen LogP contribution in [0.25, 0.3) is 16.8 Å². The van der Waals surface area contributed by atoms with Gasteiger partial charge in [-0.25, -0.2) is 0 Å². The SMILES string of the molecule is COc1ccc(/C=C2\SC(=O)N(CC(=O)N3CCOCC3)C2=O)c2ccccc12. The van der Waals surface area contributed by atoms with Crippen molar-refractivity contribution in [3.63, 3.8) is 0 Å². The van der Waals surface area contributed by atoms with Gasteiger partial charge >= 0.3 is 0 Å². The standard InChI is InChI=1S/C21H20N2O5S/c1-27-17-7-6-14(15-4-2-3-5-16(15)17)12-18-20(25)23(21(26)29-18)13-19(24)22-8-10-28-11-9-22/h2-7,12H,8-11,13H2,1H3/b18-12-. The zero-order valence-corrected chi connectivity index (χ0v) is 16.7. The molecular formula is C21H20N2O5S. The smallest absolute Gasteiger partial charge is 0.294 e. The first-order valence-corrected chi connectivity index (χ1v) is 10.1. The lowest BCUT2D eigenvalue weighted by molar-refractivity contribution is -0.139. The van der Waals surface area contributed by atoms with Crippen molar-refractivity contribution in [1.82, 2.24) is 9.80 Å². The molecule has 2 aromatic rings. The maximum Gasteiger partial charge on any atom is 0.294 e. The number of carbonyl (C=O) groups excluding carboxylic acids is 3. The van der Waals surface area contributed by atoms with Crippen molar-refractivity contribution >= 4 is 45.7 Å². The van der Waals surface area contributed by atoms with E-state index in [0.29, 0.717) is 31.2 Å². The summed E-state index contributed by atoms with van der Waals surface area (Å²) in [5.74, 6) is 0.0511. The highest BCUT2D eigenvalue weighted by Crippen LogP contribution is 2.35. The summed E-state index contributed by atoms with van der Waals surface area (Å²) >= 11 is 0.856. The van der Waals surface area contributed by atoms with Crippen LogP contribution in [-0.4, -0.2) is 66.8 Å². The number of morpholine rings is 1. The molecule has 0 atom stereocenters. The molecule has 0 unspecified atom stereocenters. The van der Waals surface area contributed by atoms with Crippen molar-refractivity contribution in [3.05, 3.63) is 46.9 Å². The molecule has 2 aliphatic heterocycles. The summed E-state index contributed by atoms with van der Waals surface area (Å²) < 4.78 is 10.6. The molecule has 0 aliphatic carbocycles. The maximum atomic E-state index is 12.8. The van der Waals surface area contributed by atoms with Crippen LogP contribution in [0.1, 0.15) is 5.56 Å². The monoisotopic (exact) mass is 412 g/mol. The Labute approximate surface area is 172 Å². The zero-order valence-electron chi connectivity index (χ0n) is 15.9. The van der Waals surface area contributed by atoms with E-state index < -0.39 is 11.1 Å². The van der Waals surface area contributed by atoms with E-state index in [1.165, 1.54) is 0 Å². The highest BCUT2D eigenvalue weighted by Gasteiger charge is 2.37. The molecule has 7 nitrogen and oxygen atoms in total. The van der Waals surface area contributed by atoms with Gasteiger partial charge in [0.05, 0.1) is 25.2 Å². The van der Waals surface area contributed by atoms with Crippen molar-refractivity contribution in [2.75, 3.05) is 40.0 Å². The second-order valence-corrected chi connectivity index (χ2v) is 7.66. The number of methoxy groups -OCH3 is 1. The molecular weight excluding hydrogens is 392 g/mol. The summed E-state index contributed by atoms with van der Waals surface area (Å²) in [4.78, 5) is 40.5. The minimum Gasteiger partial charge on any atom is -0.496 e. The van der Waals surface area contributed by atoms with Crippen LogP contribution in [0, 0.1) is 0 Å². The number of nitrogens with zero attached hydrogens (tertiary/aromatic N) is 2. The second kappa shape index (κ2) is 8.26. The molecule has 3 amide bonds. The summed E-state index contributed by atoms with van der Waals surface area (Å²) in [6.07, 6.45) is 1.70. The van der Waals surface area contributed by atoms with Crippen LogP contribution in [0.5, 0.6) is 5.75 Å². The van der Waals surface area contributed by atoms with Gasteiger partial charge < -0.3 is 14.4 Å². The molecule has 0 N–H and O–H groups in total. The number of thioether (sulfide) groups is 1. The number of amides is 3. The fraction of sp³-hybridized carbons (Fsp3) is 0.286. The molecule has 0 radical (unpaired) electrons. The summed E-state index contributed by atoms with van der Waals surface area (Å²) in [5.41, 5.74) is 0.811. The summed E-state index contributed by atoms with van der Waals surface area (Å²) in [6.45, 7) is 1.65. The molecule has 4 rings (SSSR count). The van der Waals surface area contributed by atoms with E-state index >= 15 is 0 Å². The van der Waals surface area contributed by atoms with E-state index in [1.807, 2.05) is 36.4 Å². The molecule has 150 valence electrons. The van der Waals surface area contributed by atoms with Crippen LogP contribution in [0.4, 0.5) is 4.79 Å². The Hall–Kier alpha value is -2.84. The molecule has 2 saturated heterocycles. The van der Waals surface area contributed by atoms with Crippen LogP contribution >= 0.6 is 11.8 Å². The van der Waals surface area contributed by atoms with Crippen molar-refractivity contribution in [2.24, 2.45) is 0 Å². The summed E-state index contributed by atoms with van der Waals surface area (Å²) in [6, 6.07) is 11.4.